The molecule has 3 aliphatic rings. The number of aryl methyl sites for hydroxylation is 1. The van der Waals surface area contributed by atoms with Gasteiger partial charge in [-0.2, -0.15) is 5.10 Å². The van der Waals surface area contributed by atoms with Gasteiger partial charge in [-0.3, -0.25) is 9.89 Å². The van der Waals surface area contributed by atoms with E-state index in [9.17, 15) is 4.79 Å². The molecule has 27 heavy (non-hydrogen) atoms. The number of hydrogen-bond donors (Lipinski definition) is 2. The first kappa shape index (κ1) is 16.9. The third kappa shape index (κ3) is 3.14. The van der Waals surface area contributed by atoms with E-state index >= 15 is 0 Å². The van der Waals surface area contributed by atoms with Gasteiger partial charge in [0.2, 0.25) is 0 Å². The summed E-state index contributed by atoms with van der Waals surface area (Å²) in [6.45, 7) is 2.32. The number of nitrogens with zero attached hydrogens (tertiary/aromatic N) is 4. The van der Waals surface area contributed by atoms with Gasteiger partial charge in [0.25, 0.3) is 5.91 Å². The average Bonchev–Trinajstić information content (AvgIpc) is 3.32. The molecule has 1 amide bonds. The summed E-state index contributed by atoms with van der Waals surface area (Å²) in [4.78, 5) is 24.4. The number of nitrogens with one attached hydrogen (secondary N) is 2. The lowest BCUT2D eigenvalue weighted by atomic mass is 10.0. The topological polar surface area (TPSA) is 86.8 Å². The monoisotopic (exact) mass is 366 g/mol. The second-order valence-corrected chi connectivity index (χ2v) is 7.92. The van der Waals surface area contributed by atoms with Crippen molar-refractivity contribution in [1.82, 2.24) is 30.4 Å². The molecule has 142 valence electrons. The number of carbonyl (C=O) groups is 1. The van der Waals surface area contributed by atoms with Crippen molar-refractivity contribution in [3.63, 3.8) is 0 Å². The van der Waals surface area contributed by atoms with Crippen LogP contribution in [-0.2, 0) is 25.8 Å². The lowest BCUT2D eigenvalue weighted by Gasteiger charge is -2.28. The molecule has 1 aliphatic carbocycles. The second kappa shape index (κ2) is 7.03. The maximum Gasteiger partial charge on any atom is 0.274 e. The fraction of sp³-hybridized carbons (Fsp3) is 0.600. The van der Waals surface area contributed by atoms with Crippen LogP contribution in [-0.4, -0.2) is 44.1 Å². The molecular weight excluding hydrogens is 340 g/mol. The molecule has 4 heterocycles. The molecule has 5 rings (SSSR count). The van der Waals surface area contributed by atoms with E-state index in [1.54, 1.807) is 0 Å². The van der Waals surface area contributed by atoms with Crippen LogP contribution in [0.2, 0.25) is 0 Å². The van der Waals surface area contributed by atoms with Crippen LogP contribution in [0.5, 0.6) is 0 Å². The lowest BCUT2D eigenvalue weighted by Crippen LogP contribution is -2.37. The standard InChI is InChI=1S/C20H26N6O/c27-20(18-14-5-2-1-3-6-16(14)24-25-18)26-10-8-15-13(12-26)11-22-19(23-15)17-7-4-9-21-17/h11,17,21H,1-10,12H2,(H,24,25)/t17-/m1/s1. The third-order valence-electron chi connectivity index (χ3n) is 6.12. The van der Waals surface area contributed by atoms with Crippen LogP contribution in [0.4, 0.5) is 0 Å². The van der Waals surface area contributed by atoms with E-state index in [1.807, 2.05) is 11.1 Å². The fourth-order valence-corrected chi connectivity index (χ4v) is 4.56. The zero-order chi connectivity index (χ0) is 18.2. The number of amides is 1. The highest BCUT2D eigenvalue weighted by Gasteiger charge is 2.29. The summed E-state index contributed by atoms with van der Waals surface area (Å²) in [5.74, 6) is 0.949. The van der Waals surface area contributed by atoms with Gasteiger partial charge < -0.3 is 10.2 Å². The minimum atomic E-state index is 0.0431. The second-order valence-electron chi connectivity index (χ2n) is 7.92. The molecule has 1 saturated heterocycles. The molecule has 2 aromatic heterocycles. The van der Waals surface area contributed by atoms with Crippen molar-refractivity contribution in [3.8, 4) is 0 Å². The smallest absolute Gasteiger partial charge is 0.274 e. The summed E-state index contributed by atoms with van der Waals surface area (Å²) in [5.41, 5.74) is 5.09. The number of fused-ring (bicyclic) bond motifs is 2. The van der Waals surface area contributed by atoms with Gasteiger partial charge in [-0.25, -0.2) is 9.97 Å². The lowest BCUT2D eigenvalue weighted by molar-refractivity contribution is 0.0726. The van der Waals surface area contributed by atoms with Crippen LogP contribution in [0.25, 0.3) is 0 Å². The minimum Gasteiger partial charge on any atom is -0.332 e. The Bertz CT molecular complexity index is 854. The van der Waals surface area contributed by atoms with Gasteiger partial charge >= 0.3 is 0 Å². The van der Waals surface area contributed by atoms with Gasteiger partial charge in [-0.1, -0.05) is 6.42 Å². The Kier molecular flexibility index (Phi) is 4.39. The van der Waals surface area contributed by atoms with Crippen LogP contribution in [0, 0.1) is 0 Å². The van der Waals surface area contributed by atoms with E-state index in [0.29, 0.717) is 18.8 Å². The van der Waals surface area contributed by atoms with Crippen LogP contribution in [0.3, 0.4) is 0 Å². The molecule has 0 radical (unpaired) electrons. The first-order valence-electron chi connectivity index (χ1n) is 10.2. The first-order valence-corrected chi connectivity index (χ1v) is 10.2. The van der Waals surface area contributed by atoms with E-state index in [-0.39, 0.29) is 11.9 Å². The Hall–Kier alpha value is -2.28. The highest BCUT2D eigenvalue weighted by molar-refractivity contribution is 5.94. The highest BCUT2D eigenvalue weighted by atomic mass is 16.2. The van der Waals surface area contributed by atoms with Crippen LogP contribution >= 0.6 is 0 Å². The Morgan fingerprint density at radius 2 is 2.07 bits per heavy atom. The third-order valence-corrected chi connectivity index (χ3v) is 6.12. The maximum atomic E-state index is 13.1. The molecule has 1 atom stereocenters. The van der Waals surface area contributed by atoms with Gasteiger partial charge in [-0.15, -0.1) is 0 Å². The zero-order valence-corrected chi connectivity index (χ0v) is 15.6. The largest absolute Gasteiger partial charge is 0.332 e. The molecule has 2 aliphatic heterocycles. The van der Waals surface area contributed by atoms with Crippen molar-refractivity contribution >= 4 is 5.91 Å². The summed E-state index contributed by atoms with van der Waals surface area (Å²) in [6.07, 6.45) is 10.5. The van der Waals surface area contributed by atoms with E-state index in [4.69, 9.17) is 4.98 Å². The molecule has 7 nitrogen and oxygen atoms in total. The van der Waals surface area contributed by atoms with Crippen molar-refractivity contribution in [1.29, 1.82) is 0 Å². The number of H-pyrrole nitrogens is 1. The Labute approximate surface area is 159 Å². The van der Waals surface area contributed by atoms with Gasteiger partial charge in [0.1, 0.15) is 5.82 Å². The fourth-order valence-electron chi connectivity index (χ4n) is 4.56. The predicted molar refractivity (Wildman–Crippen MR) is 100 cm³/mol. The summed E-state index contributed by atoms with van der Waals surface area (Å²) >= 11 is 0. The average molecular weight is 366 g/mol. The van der Waals surface area contributed by atoms with Crippen molar-refractivity contribution in [2.45, 2.75) is 64.0 Å². The van der Waals surface area contributed by atoms with E-state index in [2.05, 4.69) is 20.5 Å². The normalized spacial score (nSPS) is 22.2. The minimum absolute atomic E-state index is 0.0431. The van der Waals surface area contributed by atoms with Crippen molar-refractivity contribution < 1.29 is 4.79 Å². The summed E-state index contributed by atoms with van der Waals surface area (Å²) < 4.78 is 0. The number of carbonyl (C=O) groups excluding carboxylic acids is 1. The van der Waals surface area contributed by atoms with E-state index in [0.717, 1.165) is 67.0 Å². The SMILES string of the molecule is O=C(c1n[nH]c2c1CCCCC2)N1CCc2nc([C@H]3CCCN3)ncc2C1. The van der Waals surface area contributed by atoms with Gasteiger partial charge in [-0.05, 0) is 45.1 Å². The molecule has 0 bridgehead atoms. The van der Waals surface area contributed by atoms with Crippen molar-refractivity contribution in [2.75, 3.05) is 13.1 Å². The first-order chi connectivity index (χ1) is 13.3. The van der Waals surface area contributed by atoms with Crippen LogP contribution in [0.1, 0.15) is 77.0 Å². The molecular formula is C20H26N6O. The summed E-state index contributed by atoms with van der Waals surface area (Å²) in [7, 11) is 0. The van der Waals surface area contributed by atoms with Crippen molar-refractivity contribution in [3.05, 3.63) is 40.2 Å². The maximum absolute atomic E-state index is 13.1. The highest BCUT2D eigenvalue weighted by Crippen LogP contribution is 2.26. The Balaban J connectivity index is 1.35. The van der Waals surface area contributed by atoms with E-state index < -0.39 is 0 Å². The van der Waals surface area contributed by atoms with Crippen LogP contribution < -0.4 is 5.32 Å². The Morgan fingerprint density at radius 1 is 1.15 bits per heavy atom. The molecule has 0 saturated carbocycles. The number of hydrogen-bond acceptors (Lipinski definition) is 5. The van der Waals surface area contributed by atoms with Crippen molar-refractivity contribution in [2.24, 2.45) is 0 Å². The molecule has 0 aromatic carbocycles. The molecule has 1 fully saturated rings. The quantitative estimate of drug-likeness (QED) is 0.795. The summed E-state index contributed by atoms with van der Waals surface area (Å²) in [6, 6.07) is 0.287. The number of aromatic nitrogens is 4. The molecule has 2 N–H and O–H groups in total. The molecule has 0 unspecified atom stereocenters. The van der Waals surface area contributed by atoms with E-state index in [1.165, 1.54) is 19.3 Å². The van der Waals surface area contributed by atoms with Gasteiger partial charge in [0.05, 0.1) is 11.7 Å². The van der Waals surface area contributed by atoms with Crippen LogP contribution in [0.15, 0.2) is 6.20 Å². The summed E-state index contributed by atoms with van der Waals surface area (Å²) in [5, 5.41) is 11.0. The van der Waals surface area contributed by atoms with Gasteiger partial charge in [0.15, 0.2) is 5.69 Å². The number of aromatic amines is 1. The van der Waals surface area contributed by atoms with Gasteiger partial charge in [0, 0.05) is 42.5 Å². The number of rotatable bonds is 2. The zero-order valence-electron chi connectivity index (χ0n) is 15.6. The predicted octanol–water partition coefficient (Wildman–Crippen LogP) is 2.09. The molecule has 7 heteroatoms. The molecule has 2 aromatic rings. The Morgan fingerprint density at radius 3 is 2.96 bits per heavy atom. The molecule has 0 spiro atoms.